The van der Waals surface area contributed by atoms with Crippen molar-refractivity contribution in [3.8, 4) is 0 Å². The van der Waals surface area contributed by atoms with Crippen LogP contribution >= 0.6 is 38.5 Å². The molecule has 0 aliphatic heterocycles. The van der Waals surface area contributed by atoms with Crippen molar-refractivity contribution in [3.63, 3.8) is 0 Å². The molecule has 2 rings (SSSR count). The zero-order valence-electron chi connectivity index (χ0n) is 8.78. The first kappa shape index (κ1) is 12.6. The topological polar surface area (TPSA) is 29.1 Å². The lowest BCUT2D eigenvalue weighted by Gasteiger charge is -2.07. The maximum atomic E-state index is 12.0. The highest BCUT2D eigenvalue weighted by Crippen LogP contribution is 2.22. The lowest BCUT2D eigenvalue weighted by atomic mass is 10.2. The number of rotatable bonds is 2. The number of anilines is 1. The van der Waals surface area contributed by atoms with E-state index in [0.717, 1.165) is 13.7 Å². The molecule has 0 aliphatic rings. The zero-order valence-corrected chi connectivity index (χ0v) is 12.5. The van der Waals surface area contributed by atoms with Crippen LogP contribution in [-0.2, 0) is 0 Å². The van der Waals surface area contributed by atoms with Gasteiger partial charge in [-0.3, -0.25) is 4.79 Å². The molecule has 86 valence electrons. The molecule has 0 saturated heterocycles. The van der Waals surface area contributed by atoms with Gasteiger partial charge in [0.05, 0.1) is 5.69 Å². The molecule has 1 amide bonds. The smallest absolute Gasteiger partial charge is 0.255 e. The maximum absolute atomic E-state index is 12.0. The van der Waals surface area contributed by atoms with E-state index in [0.29, 0.717) is 5.56 Å². The van der Waals surface area contributed by atoms with Crippen molar-refractivity contribution in [2.45, 2.75) is 0 Å². The molecule has 0 radical (unpaired) electrons. The number of para-hydroxylation sites is 1. The Kier molecular flexibility index (Phi) is 4.17. The van der Waals surface area contributed by atoms with E-state index in [1.54, 1.807) is 6.07 Å². The SMILES string of the molecule is O=C(Nc1ccccc1Br)c1cccc(I)c1. The second kappa shape index (κ2) is 5.64. The van der Waals surface area contributed by atoms with Gasteiger partial charge in [0, 0.05) is 13.6 Å². The third-order valence-electron chi connectivity index (χ3n) is 2.21. The predicted molar refractivity (Wildman–Crippen MR) is 81.3 cm³/mol. The molecule has 0 unspecified atom stereocenters. The Bertz CT molecular complexity index is 557. The zero-order chi connectivity index (χ0) is 12.3. The van der Waals surface area contributed by atoms with E-state index < -0.39 is 0 Å². The molecular weight excluding hydrogens is 393 g/mol. The Hall–Kier alpha value is -0.880. The van der Waals surface area contributed by atoms with Crippen LogP contribution in [0.5, 0.6) is 0 Å². The lowest BCUT2D eigenvalue weighted by molar-refractivity contribution is 0.102. The molecule has 2 nitrogen and oxygen atoms in total. The Labute approximate surface area is 122 Å². The van der Waals surface area contributed by atoms with Crippen LogP contribution < -0.4 is 5.32 Å². The second-order valence-electron chi connectivity index (χ2n) is 3.44. The summed E-state index contributed by atoms with van der Waals surface area (Å²) in [6.45, 7) is 0. The van der Waals surface area contributed by atoms with Crippen LogP contribution in [0.1, 0.15) is 10.4 Å². The lowest BCUT2D eigenvalue weighted by Crippen LogP contribution is -2.12. The molecular formula is C13H9BrINO. The van der Waals surface area contributed by atoms with Gasteiger partial charge in [0.15, 0.2) is 0 Å². The van der Waals surface area contributed by atoms with Gasteiger partial charge in [-0.15, -0.1) is 0 Å². The van der Waals surface area contributed by atoms with E-state index in [1.165, 1.54) is 0 Å². The minimum Gasteiger partial charge on any atom is -0.321 e. The van der Waals surface area contributed by atoms with E-state index in [1.807, 2.05) is 42.5 Å². The molecule has 2 aromatic carbocycles. The summed E-state index contributed by atoms with van der Waals surface area (Å²) in [5.41, 5.74) is 1.43. The molecule has 2 aromatic rings. The summed E-state index contributed by atoms with van der Waals surface area (Å²) in [4.78, 5) is 12.0. The maximum Gasteiger partial charge on any atom is 0.255 e. The highest BCUT2D eigenvalue weighted by atomic mass is 127. The number of hydrogen-bond acceptors (Lipinski definition) is 1. The molecule has 4 heteroatoms. The Balaban J connectivity index is 2.20. The van der Waals surface area contributed by atoms with Crippen LogP contribution in [0.3, 0.4) is 0 Å². The van der Waals surface area contributed by atoms with Gasteiger partial charge in [-0.1, -0.05) is 18.2 Å². The number of hydrogen-bond donors (Lipinski definition) is 1. The van der Waals surface area contributed by atoms with E-state index in [9.17, 15) is 4.79 Å². The molecule has 0 fully saturated rings. The van der Waals surface area contributed by atoms with Crippen molar-refractivity contribution in [1.29, 1.82) is 0 Å². The van der Waals surface area contributed by atoms with E-state index in [2.05, 4.69) is 43.8 Å². The fourth-order valence-corrected chi connectivity index (χ4v) is 2.31. The summed E-state index contributed by atoms with van der Waals surface area (Å²) < 4.78 is 1.92. The van der Waals surface area contributed by atoms with Crippen molar-refractivity contribution >= 4 is 50.1 Å². The Morgan fingerprint density at radius 2 is 1.88 bits per heavy atom. The number of amides is 1. The van der Waals surface area contributed by atoms with Crippen LogP contribution in [0.25, 0.3) is 0 Å². The van der Waals surface area contributed by atoms with Crippen LogP contribution in [0.4, 0.5) is 5.69 Å². The van der Waals surface area contributed by atoms with Gasteiger partial charge >= 0.3 is 0 Å². The molecule has 0 aliphatic carbocycles. The van der Waals surface area contributed by atoms with E-state index in [-0.39, 0.29) is 5.91 Å². The average molecular weight is 402 g/mol. The first-order valence-electron chi connectivity index (χ1n) is 4.98. The van der Waals surface area contributed by atoms with Crippen molar-refractivity contribution in [3.05, 3.63) is 62.1 Å². The largest absolute Gasteiger partial charge is 0.321 e. The highest BCUT2D eigenvalue weighted by molar-refractivity contribution is 14.1. The molecule has 0 spiro atoms. The molecule has 1 N–H and O–H groups in total. The van der Waals surface area contributed by atoms with Gasteiger partial charge in [0.25, 0.3) is 5.91 Å². The van der Waals surface area contributed by atoms with Gasteiger partial charge in [0.1, 0.15) is 0 Å². The van der Waals surface area contributed by atoms with Gasteiger partial charge in [-0.25, -0.2) is 0 Å². The number of nitrogens with one attached hydrogen (secondary N) is 1. The minimum absolute atomic E-state index is 0.101. The van der Waals surface area contributed by atoms with Gasteiger partial charge in [-0.05, 0) is 68.9 Å². The molecule has 0 saturated carbocycles. The number of halogens is 2. The quantitative estimate of drug-likeness (QED) is 0.746. The first-order chi connectivity index (χ1) is 8.16. The van der Waals surface area contributed by atoms with Crippen molar-refractivity contribution < 1.29 is 4.79 Å². The fourth-order valence-electron chi connectivity index (χ4n) is 1.39. The van der Waals surface area contributed by atoms with E-state index in [4.69, 9.17) is 0 Å². The van der Waals surface area contributed by atoms with Crippen molar-refractivity contribution in [2.24, 2.45) is 0 Å². The Morgan fingerprint density at radius 3 is 2.59 bits per heavy atom. The third-order valence-corrected chi connectivity index (χ3v) is 3.57. The molecule has 0 aromatic heterocycles. The summed E-state index contributed by atoms with van der Waals surface area (Å²) >= 11 is 5.58. The van der Waals surface area contributed by atoms with Crippen molar-refractivity contribution in [2.75, 3.05) is 5.32 Å². The average Bonchev–Trinajstić information content (AvgIpc) is 2.32. The molecule has 0 atom stereocenters. The molecule has 0 bridgehead atoms. The summed E-state index contributed by atoms with van der Waals surface area (Å²) in [6, 6.07) is 15.0. The predicted octanol–water partition coefficient (Wildman–Crippen LogP) is 4.31. The van der Waals surface area contributed by atoms with Crippen molar-refractivity contribution in [1.82, 2.24) is 0 Å². The van der Waals surface area contributed by atoms with Gasteiger partial charge in [0.2, 0.25) is 0 Å². The first-order valence-corrected chi connectivity index (χ1v) is 6.85. The molecule has 0 heterocycles. The standard InChI is InChI=1S/C13H9BrINO/c14-11-6-1-2-7-12(11)16-13(17)9-4-3-5-10(15)8-9/h1-8H,(H,16,17). The minimum atomic E-state index is -0.101. The fraction of sp³-hybridized carbons (Fsp3) is 0. The second-order valence-corrected chi connectivity index (χ2v) is 5.54. The van der Waals surface area contributed by atoms with Crippen LogP contribution in [0.15, 0.2) is 53.0 Å². The molecule has 17 heavy (non-hydrogen) atoms. The third kappa shape index (κ3) is 3.29. The Morgan fingerprint density at radius 1 is 1.12 bits per heavy atom. The van der Waals surface area contributed by atoms with Crippen LogP contribution in [0, 0.1) is 3.57 Å². The van der Waals surface area contributed by atoms with E-state index >= 15 is 0 Å². The van der Waals surface area contributed by atoms with Crippen LogP contribution in [0.2, 0.25) is 0 Å². The normalized spacial score (nSPS) is 10.0. The van der Waals surface area contributed by atoms with Gasteiger partial charge < -0.3 is 5.32 Å². The van der Waals surface area contributed by atoms with Gasteiger partial charge in [-0.2, -0.15) is 0 Å². The number of benzene rings is 2. The highest BCUT2D eigenvalue weighted by Gasteiger charge is 2.07. The number of carbonyl (C=O) groups excluding carboxylic acids is 1. The summed E-state index contributed by atoms with van der Waals surface area (Å²) in [5, 5.41) is 2.86. The monoisotopic (exact) mass is 401 g/mol. The summed E-state index contributed by atoms with van der Waals surface area (Å²) in [6.07, 6.45) is 0. The summed E-state index contributed by atoms with van der Waals surface area (Å²) in [5.74, 6) is -0.101. The van der Waals surface area contributed by atoms with Crippen LogP contribution in [-0.4, -0.2) is 5.91 Å². The number of carbonyl (C=O) groups is 1. The summed E-state index contributed by atoms with van der Waals surface area (Å²) in [7, 11) is 0.